The highest BCUT2D eigenvalue weighted by atomic mass is 32.2. The lowest BCUT2D eigenvalue weighted by Gasteiger charge is -2.22. The number of aromatic nitrogens is 3. The first kappa shape index (κ1) is 19.0. The average Bonchev–Trinajstić information content (AvgIpc) is 3.45. The Kier molecular flexibility index (Phi) is 5.76. The van der Waals surface area contributed by atoms with Crippen molar-refractivity contribution in [3.63, 3.8) is 0 Å². The fraction of sp³-hybridized carbons (Fsp3) is 0.136. The van der Waals surface area contributed by atoms with Gasteiger partial charge in [0.15, 0.2) is 5.16 Å². The zero-order valence-electron chi connectivity index (χ0n) is 15.9. The van der Waals surface area contributed by atoms with Crippen LogP contribution in [0.1, 0.15) is 21.7 Å². The van der Waals surface area contributed by atoms with E-state index in [1.807, 2.05) is 65.6 Å². The van der Waals surface area contributed by atoms with Gasteiger partial charge in [-0.25, -0.2) is 4.98 Å². The largest absolute Gasteiger partial charge is 0.467 e. The quantitative estimate of drug-likeness (QED) is 0.427. The van der Waals surface area contributed by atoms with Crippen LogP contribution < -0.4 is 0 Å². The minimum absolute atomic E-state index is 0.0625. The highest BCUT2D eigenvalue weighted by Crippen LogP contribution is 2.20. The van der Waals surface area contributed by atoms with E-state index < -0.39 is 0 Å². The zero-order chi connectivity index (χ0) is 20.1. The number of hydrogen-bond donors (Lipinski definition) is 0. The van der Waals surface area contributed by atoms with Gasteiger partial charge in [-0.1, -0.05) is 17.8 Å². The normalized spacial score (nSPS) is 10.8. The van der Waals surface area contributed by atoms with Gasteiger partial charge in [-0.05, 0) is 54.3 Å². The van der Waals surface area contributed by atoms with Crippen molar-refractivity contribution in [2.75, 3.05) is 6.26 Å². The van der Waals surface area contributed by atoms with E-state index in [0.717, 1.165) is 22.2 Å². The second-order valence-electron chi connectivity index (χ2n) is 6.43. The molecule has 0 unspecified atom stereocenters. The molecule has 1 amide bonds. The highest BCUT2D eigenvalue weighted by molar-refractivity contribution is 7.98. The number of pyridine rings is 1. The summed E-state index contributed by atoms with van der Waals surface area (Å²) < 4.78 is 7.45. The van der Waals surface area contributed by atoms with Crippen molar-refractivity contribution in [1.82, 2.24) is 19.4 Å². The molecule has 0 saturated carbocycles. The third kappa shape index (κ3) is 4.41. The molecule has 0 spiro atoms. The van der Waals surface area contributed by atoms with E-state index in [4.69, 9.17) is 4.42 Å². The number of thioether (sulfide) groups is 1. The monoisotopic (exact) mass is 404 g/mol. The van der Waals surface area contributed by atoms with Gasteiger partial charge >= 0.3 is 0 Å². The van der Waals surface area contributed by atoms with Gasteiger partial charge in [0.2, 0.25) is 0 Å². The Labute approximate surface area is 173 Å². The molecule has 6 nitrogen and oxygen atoms in total. The third-order valence-corrected chi connectivity index (χ3v) is 5.16. The zero-order valence-corrected chi connectivity index (χ0v) is 16.7. The van der Waals surface area contributed by atoms with Crippen molar-refractivity contribution < 1.29 is 9.21 Å². The molecule has 0 fully saturated rings. The van der Waals surface area contributed by atoms with E-state index in [1.54, 1.807) is 41.5 Å². The molecular formula is C22H20N4O2S. The molecule has 4 rings (SSSR count). The first-order valence-corrected chi connectivity index (χ1v) is 10.4. The van der Waals surface area contributed by atoms with Crippen LogP contribution in [0.25, 0.3) is 5.69 Å². The summed E-state index contributed by atoms with van der Waals surface area (Å²) in [6.45, 7) is 0.841. The van der Waals surface area contributed by atoms with Gasteiger partial charge in [-0.15, -0.1) is 0 Å². The van der Waals surface area contributed by atoms with E-state index in [-0.39, 0.29) is 5.91 Å². The molecule has 0 aliphatic rings. The molecule has 0 radical (unpaired) electrons. The topological polar surface area (TPSA) is 64.2 Å². The SMILES string of the molecule is CSc1nccn1-c1ccc(C(=O)N(Cc2cccnc2)Cc2ccco2)cc1. The fourth-order valence-electron chi connectivity index (χ4n) is 3.09. The van der Waals surface area contributed by atoms with Gasteiger partial charge in [-0.3, -0.25) is 14.3 Å². The molecular weight excluding hydrogens is 384 g/mol. The molecule has 3 heterocycles. The Morgan fingerprint density at radius 2 is 1.97 bits per heavy atom. The van der Waals surface area contributed by atoms with E-state index >= 15 is 0 Å². The molecule has 7 heteroatoms. The summed E-state index contributed by atoms with van der Waals surface area (Å²) in [5, 5.41) is 0.903. The van der Waals surface area contributed by atoms with Crippen LogP contribution in [0.5, 0.6) is 0 Å². The van der Waals surface area contributed by atoms with Crippen LogP contribution in [0.15, 0.2) is 89.2 Å². The molecule has 0 aliphatic carbocycles. The lowest BCUT2D eigenvalue weighted by atomic mass is 10.1. The standard InChI is InChI=1S/C22H20N4O2S/c1-29-22-24-11-12-26(22)19-8-6-18(7-9-19)21(27)25(16-20-5-3-13-28-20)15-17-4-2-10-23-14-17/h2-14H,15-16H2,1H3. The van der Waals surface area contributed by atoms with Crippen LogP contribution in [0, 0.1) is 0 Å². The second kappa shape index (κ2) is 8.79. The molecule has 3 aromatic heterocycles. The highest BCUT2D eigenvalue weighted by Gasteiger charge is 2.18. The number of rotatable bonds is 7. The number of carbonyl (C=O) groups excluding carboxylic acids is 1. The molecule has 0 atom stereocenters. The van der Waals surface area contributed by atoms with Gasteiger partial charge in [0, 0.05) is 42.6 Å². The number of amides is 1. The van der Waals surface area contributed by atoms with Crippen LogP contribution in [0.3, 0.4) is 0 Å². The van der Waals surface area contributed by atoms with Crippen molar-refractivity contribution in [2.24, 2.45) is 0 Å². The Bertz CT molecular complexity index is 1060. The van der Waals surface area contributed by atoms with Gasteiger partial charge in [0.1, 0.15) is 5.76 Å². The molecule has 0 bridgehead atoms. The van der Waals surface area contributed by atoms with Crippen LogP contribution in [0.2, 0.25) is 0 Å². The van der Waals surface area contributed by atoms with E-state index in [9.17, 15) is 4.79 Å². The maximum atomic E-state index is 13.2. The molecule has 4 aromatic rings. The fourth-order valence-corrected chi connectivity index (χ4v) is 3.62. The minimum Gasteiger partial charge on any atom is -0.467 e. The number of imidazole rings is 1. The maximum Gasteiger partial charge on any atom is 0.254 e. The first-order valence-electron chi connectivity index (χ1n) is 9.13. The molecule has 1 aromatic carbocycles. The van der Waals surface area contributed by atoms with Crippen LogP contribution in [0.4, 0.5) is 0 Å². The summed E-state index contributed by atoms with van der Waals surface area (Å²) >= 11 is 1.58. The first-order chi connectivity index (χ1) is 14.2. The Balaban J connectivity index is 1.58. The summed E-state index contributed by atoms with van der Waals surface area (Å²) in [6.07, 6.45) is 10.8. The van der Waals surface area contributed by atoms with Crippen molar-refractivity contribution in [1.29, 1.82) is 0 Å². The molecule has 0 N–H and O–H groups in total. The summed E-state index contributed by atoms with van der Waals surface area (Å²) in [7, 11) is 0. The smallest absolute Gasteiger partial charge is 0.254 e. The number of carbonyl (C=O) groups is 1. The minimum atomic E-state index is -0.0625. The van der Waals surface area contributed by atoms with E-state index in [0.29, 0.717) is 18.7 Å². The summed E-state index contributed by atoms with van der Waals surface area (Å²) in [4.78, 5) is 23.5. The Hall–Kier alpha value is -3.32. The predicted molar refractivity (Wildman–Crippen MR) is 112 cm³/mol. The predicted octanol–water partition coefficient (Wildman–Crippen LogP) is 4.42. The van der Waals surface area contributed by atoms with Crippen LogP contribution >= 0.6 is 11.8 Å². The summed E-state index contributed by atoms with van der Waals surface area (Å²) in [5.74, 6) is 0.675. The average molecular weight is 404 g/mol. The molecule has 0 aliphatic heterocycles. The van der Waals surface area contributed by atoms with Crippen molar-refractivity contribution in [3.05, 3.63) is 96.5 Å². The molecule has 29 heavy (non-hydrogen) atoms. The van der Waals surface area contributed by atoms with Crippen molar-refractivity contribution in [3.8, 4) is 5.69 Å². The molecule has 146 valence electrons. The van der Waals surface area contributed by atoms with E-state index in [2.05, 4.69) is 9.97 Å². The van der Waals surface area contributed by atoms with Crippen molar-refractivity contribution >= 4 is 17.7 Å². The second-order valence-corrected chi connectivity index (χ2v) is 7.21. The Morgan fingerprint density at radius 3 is 2.66 bits per heavy atom. The van der Waals surface area contributed by atoms with Crippen LogP contribution in [-0.2, 0) is 13.1 Å². The third-order valence-electron chi connectivity index (χ3n) is 4.49. The van der Waals surface area contributed by atoms with Gasteiger partial charge in [0.05, 0.1) is 12.8 Å². The number of furan rings is 1. The molecule has 0 saturated heterocycles. The maximum absolute atomic E-state index is 13.2. The van der Waals surface area contributed by atoms with Crippen molar-refractivity contribution in [2.45, 2.75) is 18.2 Å². The Morgan fingerprint density at radius 1 is 1.10 bits per heavy atom. The lowest BCUT2D eigenvalue weighted by Crippen LogP contribution is -2.30. The van der Waals surface area contributed by atoms with Gasteiger partial charge in [0.25, 0.3) is 5.91 Å². The number of nitrogens with zero attached hydrogens (tertiary/aromatic N) is 4. The lowest BCUT2D eigenvalue weighted by molar-refractivity contribution is 0.0717. The van der Waals surface area contributed by atoms with Gasteiger partial charge in [-0.2, -0.15) is 0 Å². The van der Waals surface area contributed by atoms with E-state index in [1.165, 1.54) is 0 Å². The summed E-state index contributed by atoms with van der Waals surface area (Å²) in [5.41, 5.74) is 2.55. The number of benzene rings is 1. The summed E-state index contributed by atoms with van der Waals surface area (Å²) in [6, 6.07) is 15.1. The van der Waals surface area contributed by atoms with Gasteiger partial charge < -0.3 is 9.32 Å². The van der Waals surface area contributed by atoms with Crippen LogP contribution in [-0.4, -0.2) is 31.6 Å². The number of hydrogen-bond acceptors (Lipinski definition) is 5.